The van der Waals surface area contributed by atoms with E-state index in [0.29, 0.717) is 17.3 Å². The van der Waals surface area contributed by atoms with E-state index in [1.807, 2.05) is 0 Å². The summed E-state index contributed by atoms with van der Waals surface area (Å²) >= 11 is 0. The second-order valence-electron chi connectivity index (χ2n) is 4.89. The number of halogens is 2. The van der Waals surface area contributed by atoms with Crippen molar-refractivity contribution >= 4 is 27.3 Å². The molecule has 2 aromatic rings. The molecule has 1 amide bonds. The summed E-state index contributed by atoms with van der Waals surface area (Å²) in [5, 5.41) is 2.47. The Morgan fingerprint density at radius 2 is 1.78 bits per heavy atom. The number of aryl methyl sites for hydroxylation is 1. The summed E-state index contributed by atoms with van der Waals surface area (Å²) in [7, 11) is -4.10. The third-order valence-corrected chi connectivity index (χ3v) is 4.48. The Hall–Kier alpha value is -2.48. The lowest BCUT2D eigenvalue weighted by atomic mass is 10.2. The minimum absolute atomic E-state index is 0.118. The molecule has 0 atom stereocenters. The molecule has 8 heteroatoms. The van der Waals surface area contributed by atoms with E-state index in [0.717, 1.165) is 12.1 Å². The SMILES string of the molecule is CC(=O)Nc1ccc(C)c(S(=O)(=O)Nc2ccc(F)cc2F)c1. The lowest BCUT2D eigenvalue weighted by Crippen LogP contribution is -2.16. The van der Waals surface area contributed by atoms with Gasteiger partial charge in [-0.25, -0.2) is 17.2 Å². The first kappa shape index (κ1) is 16.9. The minimum atomic E-state index is -4.10. The van der Waals surface area contributed by atoms with Crippen molar-refractivity contribution in [1.29, 1.82) is 0 Å². The first-order valence-corrected chi connectivity index (χ1v) is 8.03. The summed E-state index contributed by atoms with van der Waals surface area (Å²) in [6, 6.07) is 6.85. The lowest BCUT2D eigenvalue weighted by molar-refractivity contribution is -0.114. The fourth-order valence-electron chi connectivity index (χ4n) is 1.94. The van der Waals surface area contributed by atoms with Crippen LogP contribution in [0.4, 0.5) is 20.2 Å². The number of sulfonamides is 1. The molecule has 0 aromatic heterocycles. The third kappa shape index (κ3) is 4.04. The van der Waals surface area contributed by atoms with Gasteiger partial charge in [-0.05, 0) is 36.8 Å². The number of amides is 1. The van der Waals surface area contributed by atoms with Gasteiger partial charge in [-0.1, -0.05) is 6.07 Å². The second-order valence-corrected chi connectivity index (χ2v) is 6.54. The van der Waals surface area contributed by atoms with Crippen LogP contribution < -0.4 is 10.0 Å². The molecule has 0 fully saturated rings. The zero-order valence-electron chi connectivity index (χ0n) is 12.4. The lowest BCUT2D eigenvalue weighted by Gasteiger charge is -2.12. The number of rotatable bonds is 4. The predicted octanol–water partition coefficient (Wildman–Crippen LogP) is 3.03. The van der Waals surface area contributed by atoms with Gasteiger partial charge in [-0.15, -0.1) is 0 Å². The van der Waals surface area contributed by atoms with E-state index < -0.39 is 21.7 Å². The first-order chi connectivity index (χ1) is 10.7. The molecule has 0 bridgehead atoms. The highest BCUT2D eigenvalue weighted by molar-refractivity contribution is 7.92. The molecule has 0 spiro atoms. The van der Waals surface area contributed by atoms with Crippen LogP contribution in [0.1, 0.15) is 12.5 Å². The van der Waals surface area contributed by atoms with Gasteiger partial charge in [0.25, 0.3) is 10.0 Å². The van der Waals surface area contributed by atoms with Crippen molar-refractivity contribution in [1.82, 2.24) is 0 Å². The Morgan fingerprint density at radius 1 is 1.09 bits per heavy atom. The van der Waals surface area contributed by atoms with Crippen molar-refractivity contribution in [3.05, 3.63) is 53.6 Å². The van der Waals surface area contributed by atoms with Gasteiger partial charge in [0, 0.05) is 18.7 Å². The maximum atomic E-state index is 13.6. The quantitative estimate of drug-likeness (QED) is 0.898. The van der Waals surface area contributed by atoms with Crippen molar-refractivity contribution in [3.8, 4) is 0 Å². The van der Waals surface area contributed by atoms with E-state index in [1.165, 1.54) is 19.1 Å². The summed E-state index contributed by atoms with van der Waals surface area (Å²) in [4.78, 5) is 10.9. The highest BCUT2D eigenvalue weighted by Gasteiger charge is 2.19. The van der Waals surface area contributed by atoms with Crippen LogP contribution in [0.3, 0.4) is 0 Å². The van der Waals surface area contributed by atoms with Gasteiger partial charge in [0.1, 0.15) is 11.6 Å². The molecule has 5 nitrogen and oxygen atoms in total. The topological polar surface area (TPSA) is 75.3 Å². The monoisotopic (exact) mass is 340 g/mol. The van der Waals surface area contributed by atoms with Crippen LogP contribution in [0.15, 0.2) is 41.3 Å². The molecular formula is C15H14F2N2O3S. The van der Waals surface area contributed by atoms with Gasteiger partial charge in [-0.2, -0.15) is 0 Å². The molecule has 23 heavy (non-hydrogen) atoms. The number of carbonyl (C=O) groups excluding carboxylic acids is 1. The standard InChI is InChI=1S/C15H14F2N2O3S/c1-9-3-5-12(18-10(2)20)8-15(9)23(21,22)19-14-6-4-11(16)7-13(14)17/h3-8,19H,1-2H3,(H,18,20). The highest BCUT2D eigenvalue weighted by Crippen LogP contribution is 2.24. The summed E-state index contributed by atoms with van der Waals surface area (Å²) < 4.78 is 53.4. The Bertz CT molecular complexity index is 867. The zero-order chi connectivity index (χ0) is 17.2. The Balaban J connectivity index is 2.40. The van der Waals surface area contributed by atoms with Crippen LogP contribution >= 0.6 is 0 Å². The molecule has 122 valence electrons. The van der Waals surface area contributed by atoms with E-state index in [4.69, 9.17) is 0 Å². The van der Waals surface area contributed by atoms with E-state index in [2.05, 4.69) is 10.0 Å². The molecule has 0 radical (unpaired) electrons. The van der Waals surface area contributed by atoms with Gasteiger partial charge in [0.2, 0.25) is 5.91 Å². The number of carbonyl (C=O) groups is 1. The molecule has 2 aromatic carbocycles. The van der Waals surface area contributed by atoms with Crippen LogP contribution in [0.5, 0.6) is 0 Å². The molecule has 2 rings (SSSR count). The first-order valence-electron chi connectivity index (χ1n) is 6.55. The largest absolute Gasteiger partial charge is 0.326 e. The van der Waals surface area contributed by atoms with Crippen molar-refractivity contribution in [2.24, 2.45) is 0 Å². The van der Waals surface area contributed by atoms with Crippen LogP contribution in [-0.2, 0) is 14.8 Å². The smallest absolute Gasteiger partial charge is 0.262 e. The molecule has 2 N–H and O–H groups in total. The fourth-order valence-corrected chi connectivity index (χ4v) is 3.28. The predicted molar refractivity (Wildman–Crippen MR) is 82.6 cm³/mol. The van der Waals surface area contributed by atoms with Gasteiger partial charge in [-0.3, -0.25) is 9.52 Å². The second kappa shape index (κ2) is 6.33. The molecule has 0 aliphatic carbocycles. The molecular weight excluding hydrogens is 326 g/mol. The van der Waals surface area contributed by atoms with Gasteiger partial charge in [0.05, 0.1) is 10.6 Å². The highest BCUT2D eigenvalue weighted by atomic mass is 32.2. The van der Waals surface area contributed by atoms with Crippen LogP contribution in [0.25, 0.3) is 0 Å². The number of nitrogens with one attached hydrogen (secondary N) is 2. The van der Waals surface area contributed by atoms with E-state index >= 15 is 0 Å². The molecule has 0 saturated heterocycles. The van der Waals surface area contributed by atoms with Gasteiger partial charge >= 0.3 is 0 Å². The molecule has 0 unspecified atom stereocenters. The third-order valence-electron chi connectivity index (χ3n) is 2.97. The summed E-state index contributed by atoms with van der Waals surface area (Å²) in [5.41, 5.74) is 0.341. The molecule has 0 saturated carbocycles. The average Bonchev–Trinajstić information content (AvgIpc) is 2.43. The number of hydrogen-bond acceptors (Lipinski definition) is 3. The summed E-state index contributed by atoms with van der Waals surface area (Å²) in [5.74, 6) is -2.19. The van der Waals surface area contributed by atoms with Crippen molar-refractivity contribution in [2.75, 3.05) is 10.0 Å². The average molecular weight is 340 g/mol. The Labute approximate surface area is 132 Å². The normalized spacial score (nSPS) is 11.1. The maximum Gasteiger partial charge on any atom is 0.262 e. The molecule has 0 aliphatic rings. The zero-order valence-corrected chi connectivity index (χ0v) is 13.2. The van der Waals surface area contributed by atoms with Gasteiger partial charge < -0.3 is 5.32 Å². The molecule has 0 heterocycles. The van der Waals surface area contributed by atoms with Crippen LogP contribution in [0, 0.1) is 18.6 Å². The van der Waals surface area contributed by atoms with E-state index in [1.54, 1.807) is 13.0 Å². The van der Waals surface area contributed by atoms with Crippen molar-refractivity contribution in [3.63, 3.8) is 0 Å². The summed E-state index contributed by atoms with van der Waals surface area (Å²) in [6.45, 7) is 2.85. The van der Waals surface area contributed by atoms with E-state index in [9.17, 15) is 22.0 Å². The molecule has 0 aliphatic heterocycles. The minimum Gasteiger partial charge on any atom is -0.326 e. The van der Waals surface area contributed by atoms with Gasteiger partial charge in [0.15, 0.2) is 0 Å². The number of benzene rings is 2. The maximum absolute atomic E-state index is 13.6. The fraction of sp³-hybridized carbons (Fsp3) is 0.133. The van der Waals surface area contributed by atoms with Crippen LogP contribution in [0.2, 0.25) is 0 Å². The Kier molecular flexibility index (Phi) is 4.65. The van der Waals surface area contributed by atoms with E-state index in [-0.39, 0.29) is 16.5 Å². The van der Waals surface area contributed by atoms with Crippen LogP contribution in [-0.4, -0.2) is 14.3 Å². The van der Waals surface area contributed by atoms with Crippen molar-refractivity contribution < 1.29 is 22.0 Å². The summed E-state index contributed by atoms with van der Waals surface area (Å²) in [6.07, 6.45) is 0. The number of hydrogen-bond donors (Lipinski definition) is 2. The van der Waals surface area contributed by atoms with Crippen molar-refractivity contribution in [2.45, 2.75) is 18.7 Å². The number of anilines is 2. The Morgan fingerprint density at radius 3 is 2.39 bits per heavy atom.